The summed E-state index contributed by atoms with van der Waals surface area (Å²) in [7, 11) is 3.14. The van der Waals surface area contributed by atoms with E-state index in [1.807, 2.05) is 19.1 Å². The molecule has 2 heterocycles. The zero-order valence-corrected chi connectivity index (χ0v) is 30.7. The van der Waals surface area contributed by atoms with E-state index in [0.717, 1.165) is 36.8 Å². The number of hydrogen-bond donors (Lipinski definition) is 4. The number of nitrogens with one attached hydrogen (secondary N) is 2. The first-order chi connectivity index (χ1) is 25.4. The molecule has 2 aromatic heterocycles. The fourth-order valence-electron chi connectivity index (χ4n) is 6.21. The lowest BCUT2D eigenvalue weighted by atomic mass is 9.79. The number of ether oxygens (including phenoxy) is 2. The van der Waals surface area contributed by atoms with E-state index in [9.17, 15) is 19.8 Å². The van der Waals surface area contributed by atoms with Crippen LogP contribution in [0.4, 0.5) is 0 Å². The van der Waals surface area contributed by atoms with Gasteiger partial charge in [0.1, 0.15) is 56.4 Å². The van der Waals surface area contributed by atoms with E-state index in [1.54, 1.807) is 62.8 Å². The number of carbonyl (C=O) groups is 2. The highest BCUT2D eigenvalue weighted by Crippen LogP contribution is 2.36. The quantitative estimate of drug-likeness (QED) is 0.0857. The smallest absolute Gasteiger partial charge is 0.309 e. The van der Waals surface area contributed by atoms with Gasteiger partial charge in [0.25, 0.3) is 0 Å². The molecule has 4 N–H and O–H groups in total. The number of fused-ring (bicyclic) bond motifs is 2. The van der Waals surface area contributed by atoms with Crippen LogP contribution in [-0.2, 0) is 28.1 Å². The molecule has 0 saturated carbocycles. The molecule has 14 nitrogen and oxygen atoms in total. The first-order valence-electron chi connectivity index (χ1n) is 17.5. The van der Waals surface area contributed by atoms with Crippen LogP contribution in [-0.4, -0.2) is 66.2 Å². The van der Waals surface area contributed by atoms with Crippen molar-refractivity contribution in [3.8, 4) is 34.4 Å². The number of nitrogens with zero attached hydrogens (tertiary/aromatic N) is 6. The van der Waals surface area contributed by atoms with Crippen LogP contribution in [0.25, 0.3) is 33.4 Å². The number of aryl methyl sites for hydroxylation is 1. The molecule has 0 bridgehead atoms. The fourth-order valence-corrected chi connectivity index (χ4v) is 6.21. The molecule has 276 valence electrons. The highest BCUT2D eigenvalue weighted by Gasteiger charge is 2.26. The lowest BCUT2D eigenvalue weighted by Crippen LogP contribution is -2.39. The van der Waals surface area contributed by atoms with Crippen molar-refractivity contribution in [2.45, 2.75) is 71.9 Å². The predicted molar refractivity (Wildman–Crippen MR) is 200 cm³/mol. The minimum Gasteiger partial charge on any atom is -0.505 e. The predicted octanol–water partition coefficient (Wildman–Crippen LogP) is 5.68. The molecule has 0 atom stereocenters. The Balaban J connectivity index is 1.20. The molecule has 0 aliphatic rings. The van der Waals surface area contributed by atoms with Crippen molar-refractivity contribution in [3.05, 3.63) is 82.9 Å². The summed E-state index contributed by atoms with van der Waals surface area (Å²) < 4.78 is 10.6. The second kappa shape index (κ2) is 15.2. The van der Waals surface area contributed by atoms with Gasteiger partial charge in [-0.1, -0.05) is 46.1 Å². The molecule has 2 amide bonds. The van der Waals surface area contributed by atoms with Gasteiger partial charge in [-0.05, 0) is 72.4 Å². The first kappa shape index (κ1) is 36.6. The maximum atomic E-state index is 13.1. The van der Waals surface area contributed by atoms with Crippen molar-refractivity contribution >= 4 is 33.9 Å². The Morgan fingerprint density at radius 3 is 1.70 bits per heavy atom. The van der Waals surface area contributed by atoms with Crippen molar-refractivity contribution in [1.29, 1.82) is 0 Å². The maximum absolute atomic E-state index is 13.1. The van der Waals surface area contributed by atoms with E-state index in [1.165, 1.54) is 9.59 Å². The average molecular weight is 721 g/mol. The van der Waals surface area contributed by atoms with E-state index in [-0.39, 0.29) is 30.0 Å². The van der Waals surface area contributed by atoms with Crippen molar-refractivity contribution in [3.63, 3.8) is 0 Å². The monoisotopic (exact) mass is 720 g/mol. The summed E-state index contributed by atoms with van der Waals surface area (Å²) in [5.41, 5.74) is 5.27. The molecule has 6 rings (SSSR count). The number of methoxy groups -OCH3 is 2. The first-order valence-corrected chi connectivity index (χ1v) is 17.5. The number of aromatic nitrogens is 6. The molecule has 0 aliphatic carbocycles. The number of unbranched alkanes of at least 4 members (excludes halogenated alkanes) is 2. The molecule has 0 unspecified atom stereocenters. The Labute approximate surface area is 306 Å². The zero-order chi connectivity index (χ0) is 37.9. The normalized spacial score (nSPS) is 11.6. The van der Waals surface area contributed by atoms with Gasteiger partial charge in [0, 0.05) is 36.3 Å². The van der Waals surface area contributed by atoms with Crippen LogP contribution >= 0.6 is 0 Å². The summed E-state index contributed by atoms with van der Waals surface area (Å²) in [6.45, 7) is 8.00. The van der Waals surface area contributed by atoms with Crippen LogP contribution in [0, 0.1) is 6.92 Å². The molecular formula is C39H44N8O6. The Kier molecular flexibility index (Phi) is 10.5. The topological polar surface area (TPSA) is 179 Å². The van der Waals surface area contributed by atoms with E-state index >= 15 is 0 Å². The Morgan fingerprint density at radius 2 is 1.19 bits per heavy atom. The lowest BCUT2D eigenvalue weighted by molar-refractivity contribution is -0.139. The third kappa shape index (κ3) is 7.86. The minimum atomic E-state index is -0.910. The van der Waals surface area contributed by atoms with Gasteiger partial charge in [-0.25, -0.2) is 0 Å². The standard InChI is InChI=1S/C39H44N8O6/c1-7-8-9-14-39(3,4)26-17-25(36(49)34(18-26)47-43-30-13-11-28(53-6)20-32(30)45-47)22-41-38(51)37(50)40-21-24-15-23(2)16-33(35(24)48)46-42-29-12-10-27(52-5)19-31(29)44-46/h10-13,15-20,48-49H,7-9,14,21-22H2,1-6H3,(H,40,50)(H,41,51). The van der Waals surface area contributed by atoms with E-state index in [4.69, 9.17) is 9.47 Å². The van der Waals surface area contributed by atoms with Gasteiger partial charge < -0.3 is 30.3 Å². The highest BCUT2D eigenvalue weighted by molar-refractivity contribution is 6.35. The number of phenolic OH excluding ortho intramolecular Hbond substituents is 2. The van der Waals surface area contributed by atoms with Crippen LogP contribution in [0.2, 0.25) is 0 Å². The summed E-state index contributed by atoms with van der Waals surface area (Å²) in [6, 6.07) is 17.8. The van der Waals surface area contributed by atoms with Crippen molar-refractivity contribution < 1.29 is 29.3 Å². The number of carbonyl (C=O) groups excluding carboxylic acids is 2. The molecule has 6 aromatic rings. The Morgan fingerprint density at radius 1 is 0.698 bits per heavy atom. The summed E-state index contributed by atoms with van der Waals surface area (Å²) in [5, 5.41) is 46.0. The van der Waals surface area contributed by atoms with Crippen LogP contribution in [0.3, 0.4) is 0 Å². The molecule has 53 heavy (non-hydrogen) atoms. The molecular weight excluding hydrogens is 676 g/mol. The number of hydrogen-bond acceptors (Lipinski definition) is 10. The SMILES string of the molecule is CCCCCC(C)(C)c1cc(CNC(=O)C(=O)NCc2cc(C)cc(-n3nc4ccc(OC)cc4n3)c2O)c(O)c(-n2nc3ccc(OC)cc3n2)c1. The zero-order valence-electron chi connectivity index (χ0n) is 30.7. The van der Waals surface area contributed by atoms with E-state index in [2.05, 4.69) is 51.8 Å². The molecule has 0 aliphatic heterocycles. The summed E-state index contributed by atoms with van der Waals surface area (Å²) in [5.74, 6) is -0.829. The average Bonchev–Trinajstić information content (AvgIpc) is 3.77. The maximum Gasteiger partial charge on any atom is 0.309 e. The van der Waals surface area contributed by atoms with Crippen LogP contribution in [0.5, 0.6) is 23.0 Å². The van der Waals surface area contributed by atoms with Crippen LogP contribution < -0.4 is 20.1 Å². The van der Waals surface area contributed by atoms with Gasteiger partial charge in [0.15, 0.2) is 0 Å². The molecule has 0 spiro atoms. The number of phenols is 2. The third-order valence-electron chi connectivity index (χ3n) is 9.36. The Bertz CT molecular complexity index is 2310. The fraction of sp³-hybridized carbons (Fsp3) is 0.333. The van der Waals surface area contributed by atoms with Crippen LogP contribution in [0.15, 0.2) is 60.7 Å². The highest BCUT2D eigenvalue weighted by atomic mass is 16.5. The number of aromatic hydroxyl groups is 2. The molecule has 4 aromatic carbocycles. The van der Waals surface area contributed by atoms with Gasteiger partial charge >= 0.3 is 11.8 Å². The van der Waals surface area contributed by atoms with E-state index < -0.39 is 11.8 Å². The van der Waals surface area contributed by atoms with Gasteiger partial charge in [0.2, 0.25) is 0 Å². The molecule has 0 fully saturated rings. The lowest BCUT2D eigenvalue weighted by Gasteiger charge is -2.27. The largest absolute Gasteiger partial charge is 0.505 e. The number of amides is 2. The summed E-state index contributed by atoms with van der Waals surface area (Å²) >= 11 is 0. The van der Waals surface area contributed by atoms with Crippen LogP contribution in [0.1, 0.15) is 68.7 Å². The van der Waals surface area contributed by atoms with Gasteiger partial charge in [0.05, 0.1) is 14.2 Å². The third-order valence-corrected chi connectivity index (χ3v) is 9.36. The molecule has 0 radical (unpaired) electrons. The summed E-state index contributed by atoms with van der Waals surface area (Å²) in [4.78, 5) is 28.8. The second-order valence-corrected chi connectivity index (χ2v) is 13.7. The molecule has 14 heteroatoms. The number of rotatable bonds is 13. The van der Waals surface area contributed by atoms with Crippen molar-refractivity contribution in [2.24, 2.45) is 0 Å². The minimum absolute atomic E-state index is 0.123. The van der Waals surface area contributed by atoms with Crippen molar-refractivity contribution in [2.75, 3.05) is 14.2 Å². The van der Waals surface area contributed by atoms with E-state index in [0.29, 0.717) is 56.1 Å². The number of benzene rings is 4. The summed E-state index contributed by atoms with van der Waals surface area (Å²) in [6.07, 6.45) is 4.11. The molecule has 0 saturated heterocycles. The van der Waals surface area contributed by atoms with Gasteiger partial charge in [-0.3, -0.25) is 9.59 Å². The second-order valence-electron chi connectivity index (χ2n) is 13.7. The van der Waals surface area contributed by atoms with Gasteiger partial charge in [-0.15, -0.1) is 30.0 Å². The van der Waals surface area contributed by atoms with Gasteiger partial charge in [-0.2, -0.15) is 0 Å². The Hall–Kier alpha value is -6.18. The van der Waals surface area contributed by atoms with Crippen molar-refractivity contribution in [1.82, 2.24) is 40.6 Å².